The van der Waals surface area contributed by atoms with Gasteiger partial charge in [0.25, 0.3) is 0 Å². The van der Waals surface area contributed by atoms with E-state index < -0.39 is 0 Å². The molecular weight excluding hydrogens is 272 g/mol. The third-order valence-corrected chi connectivity index (χ3v) is 3.76. The van der Waals surface area contributed by atoms with Crippen LogP contribution in [0.25, 0.3) is 10.8 Å². The van der Waals surface area contributed by atoms with Crippen LogP contribution in [0.3, 0.4) is 0 Å². The number of aryl methyl sites for hydroxylation is 1. The second-order valence-electron chi connectivity index (χ2n) is 4.58. The van der Waals surface area contributed by atoms with Gasteiger partial charge in [-0.1, -0.05) is 42.8 Å². The highest BCUT2D eigenvalue weighted by Gasteiger charge is 2.18. The first-order valence-electron chi connectivity index (χ1n) is 6.50. The highest BCUT2D eigenvalue weighted by molar-refractivity contribution is 6.36. The average molecular weight is 285 g/mol. The van der Waals surface area contributed by atoms with Gasteiger partial charge in [0.05, 0.1) is 11.8 Å². The number of fused-ring (bicyclic) bond motifs is 1. The van der Waals surface area contributed by atoms with E-state index >= 15 is 0 Å². The molecule has 0 aliphatic carbocycles. The lowest BCUT2D eigenvalue weighted by Gasteiger charge is -2.07. The summed E-state index contributed by atoms with van der Waals surface area (Å²) in [4.78, 5) is 12.7. The van der Waals surface area contributed by atoms with E-state index in [2.05, 4.69) is 0 Å². The summed E-state index contributed by atoms with van der Waals surface area (Å²) in [7, 11) is 0. The maximum absolute atomic E-state index is 12.7. The number of ketones is 1. The lowest BCUT2D eigenvalue weighted by molar-refractivity contribution is 0.103. The quantitative estimate of drug-likeness (QED) is 0.642. The molecule has 0 saturated heterocycles. The van der Waals surface area contributed by atoms with Gasteiger partial charge in [0.15, 0.2) is 5.78 Å². The van der Waals surface area contributed by atoms with Crippen molar-refractivity contribution in [3.8, 4) is 0 Å². The van der Waals surface area contributed by atoms with Gasteiger partial charge in [-0.2, -0.15) is 0 Å². The molecule has 3 rings (SSSR count). The Labute approximate surface area is 122 Å². The molecule has 2 nitrogen and oxygen atoms in total. The molecule has 1 aromatic heterocycles. The van der Waals surface area contributed by atoms with Crippen LogP contribution in [0, 0.1) is 0 Å². The van der Waals surface area contributed by atoms with Crippen LogP contribution < -0.4 is 0 Å². The zero-order valence-corrected chi connectivity index (χ0v) is 11.8. The van der Waals surface area contributed by atoms with Crippen LogP contribution in [0.5, 0.6) is 0 Å². The van der Waals surface area contributed by atoms with E-state index in [1.54, 1.807) is 24.5 Å². The Morgan fingerprint density at radius 2 is 1.80 bits per heavy atom. The highest BCUT2D eigenvalue weighted by atomic mass is 35.5. The maximum Gasteiger partial charge on any atom is 0.197 e. The fourth-order valence-corrected chi connectivity index (χ4v) is 2.65. The largest absolute Gasteiger partial charge is 0.469 e. The van der Waals surface area contributed by atoms with Crippen molar-refractivity contribution in [3.05, 3.63) is 70.6 Å². The summed E-state index contributed by atoms with van der Waals surface area (Å²) in [5.41, 5.74) is 1.28. The summed E-state index contributed by atoms with van der Waals surface area (Å²) < 4.78 is 5.35. The Morgan fingerprint density at radius 1 is 1.05 bits per heavy atom. The molecule has 0 atom stereocenters. The average Bonchev–Trinajstić information content (AvgIpc) is 2.96. The Morgan fingerprint density at radius 3 is 2.55 bits per heavy atom. The van der Waals surface area contributed by atoms with Gasteiger partial charge >= 0.3 is 0 Å². The molecule has 0 amide bonds. The predicted octanol–water partition coefficient (Wildman–Crippen LogP) is 4.88. The minimum atomic E-state index is -0.0246. The molecule has 0 bridgehead atoms. The highest BCUT2D eigenvalue weighted by Crippen LogP contribution is 2.28. The molecule has 0 saturated carbocycles. The Bertz CT molecular complexity index is 787. The van der Waals surface area contributed by atoms with Crippen molar-refractivity contribution in [2.24, 2.45) is 0 Å². The molecule has 2 aromatic carbocycles. The number of carbonyl (C=O) groups excluding carboxylic acids is 1. The van der Waals surface area contributed by atoms with Gasteiger partial charge in [-0.3, -0.25) is 4.79 Å². The molecule has 20 heavy (non-hydrogen) atoms. The van der Waals surface area contributed by atoms with Gasteiger partial charge in [-0.05, 0) is 23.6 Å². The molecule has 0 unspecified atom stereocenters. The van der Waals surface area contributed by atoms with Crippen molar-refractivity contribution >= 4 is 28.2 Å². The molecular formula is C17H13ClO2. The van der Waals surface area contributed by atoms with Gasteiger partial charge in [0, 0.05) is 22.4 Å². The third kappa shape index (κ3) is 2.02. The fraction of sp³-hybridized carbons (Fsp3) is 0.118. The van der Waals surface area contributed by atoms with Crippen LogP contribution in [0.2, 0.25) is 5.02 Å². The van der Waals surface area contributed by atoms with Crippen molar-refractivity contribution in [2.45, 2.75) is 13.3 Å². The molecule has 0 aliphatic heterocycles. The standard InChI is InChI=1S/C17H13ClO2/c1-2-16-14(9-10-20-16)17(19)13-7-8-15(18)12-6-4-3-5-11(12)13/h3-10H,2H2,1H3. The number of benzene rings is 2. The number of rotatable bonds is 3. The molecule has 1 heterocycles. The summed E-state index contributed by atoms with van der Waals surface area (Å²) in [6.45, 7) is 1.97. The Balaban J connectivity index is 2.20. The zero-order chi connectivity index (χ0) is 14.1. The second-order valence-corrected chi connectivity index (χ2v) is 4.99. The first-order chi connectivity index (χ1) is 9.72. The number of furan rings is 1. The minimum Gasteiger partial charge on any atom is -0.469 e. The van der Waals surface area contributed by atoms with E-state index in [4.69, 9.17) is 16.0 Å². The van der Waals surface area contributed by atoms with Crippen molar-refractivity contribution in [2.75, 3.05) is 0 Å². The van der Waals surface area contributed by atoms with Crippen LogP contribution in [-0.2, 0) is 6.42 Å². The van der Waals surface area contributed by atoms with Crippen LogP contribution in [0.1, 0.15) is 28.6 Å². The molecule has 0 radical (unpaired) electrons. The van der Waals surface area contributed by atoms with Crippen molar-refractivity contribution in [1.29, 1.82) is 0 Å². The summed E-state index contributed by atoms with van der Waals surface area (Å²) in [5, 5.41) is 2.41. The summed E-state index contributed by atoms with van der Waals surface area (Å²) >= 11 is 6.19. The predicted molar refractivity (Wildman–Crippen MR) is 80.5 cm³/mol. The third-order valence-electron chi connectivity index (χ3n) is 3.43. The van der Waals surface area contributed by atoms with E-state index in [1.165, 1.54) is 0 Å². The number of halogens is 1. The molecule has 100 valence electrons. The normalized spacial score (nSPS) is 10.9. The van der Waals surface area contributed by atoms with Crippen molar-refractivity contribution < 1.29 is 9.21 Å². The Kier molecular flexibility index (Phi) is 3.33. The van der Waals surface area contributed by atoms with E-state index in [-0.39, 0.29) is 5.78 Å². The molecule has 0 fully saturated rings. The summed E-state index contributed by atoms with van der Waals surface area (Å²) in [5.74, 6) is 0.692. The first kappa shape index (κ1) is 12.9. The van der Waals surface area contributed by atoms with E-state index in [9.17, 15) is 4.79 Å². The minimum absolute atomic E-state index is 0.0246. The van der Waals surface area contributed by atoms with Gasteiger partial charge in [-0.25, -0.2) is 0 Å². The summed E-state index contributed by atoms with van der Waals surface area (Å²) in [6, 6.07) is 12.9. The molecule has 3 aromatic rings. The fourth-order valence-electron chi connectivity index (χ4n) is 2.42. The van der Waals surface area contributed by atoms with Crippen molar-refractivity contribution in [1.82, 2.24) is 0 Å². The molecule has 0 N–H and O–H groups in total. The smallest absolute Gasteiger partial charge is 0.197 e. The number of hydrogen-bond donors (Lipinski definition) is 0. The molecule has 3 heteroatoms. The zero-order valence-electron chi connectivity index (χ0n) is 11.0. The number of carbonyl (C=O) groups is 1. The topological polar surface area (TPSA) is 30.2 Å². The van der Waals surface area contributed by atoms with Gasteiger partial charge in [-0.15, -0.1) is 0 Å². The van der Waals surface area contributed by atoms with Crippen LogP contribution >= 0.6 is 11.6 Å². The SMILES string of the molecule is CCc1occc1C(=O)c1ccc(Cl)c2ccccc12. The van der Waals surface area contributed by atoms with E-state index in [0.29, 0.717) is 28.3 Å². The second kappa shape index (κ2) is 5.14. The van der Waals surface area contributed by atoms with E-state index in [1.807, 2.05) is 31.2 Å². The monoisotopic (exact) mass is 284 g/mol. The van der Waals surface area contributed by atoms with Crippen LogP contribution in [0.4, 0.5) is 0 Å². The lowest BCUT2D eigenvalue weighted by Crippen LogP contribution is -2.03. The molecule has 0 aliphatic rings. The molecule has 0 spiro atoms. The summed E-state index contributed by atoms with van der Waals surface area (Å²) in [6.07, 6.45) is 2.25. The first-order valence-corrected chi connectivity index (χ1v) is 6.88. The Hall–Kier alpha value is -2.06. The van der Waals surface area contributed by atoms with Gasteiger partial charge < -0.3 is 4.42 Å². The van der Waals surface area contributed by atoms with Crippen LogP contribution in [0.15, 0.2) is 53.1 Å². The van der Waals surface area contributed by atoms with Crippen LogP contribution in [-0.4, -0.2) is 5.78 Å². The lowest BCUT2D eigenvalue weighted by atomic mass is 9.97. The van der Waals surface area contributed by atoms with Gasteiger partial charge in [0.2, 0.25) is 0 Å². The maximum atomic E-state index is 12.7. The number of hydrogen-bond acceptors (Lipinski definition) is 2. The van der Waals surface area contributed by atoms with Crippen molar-refractivity contribution in [3.63, 3.8) is 0 Å². The van der Waals surface area contributed by atoms with Gasteiger partial charge in [0.1, 0.15) is 5.76 Å². The van der Waals surface area contributed by atoms with E-state index in [0.717, 1.165) is 10.8 Å².